The maximum Gasteiger partial charge on any atom is 0.389 e. The first-order chi connectivity index (χ1) is 7.99. The third-order valence-corrected chi connectivity index (χ3v) is 2.22. The third kappa shape index (κ3) is 11.7. The van der Waals surface area contributed by atoms with Crippen LogP contribution in [0.1, 0.15) is 47.0 Å². The number of amides is 1. The van der Waals surface area contributed by atoms with E-state index in [4.69, 9.17) is 0 Å². The first kappa shape index (κ1) is 17.2. The molecule has 0 fully saturated rings. The molecule has 0 spiro atoms. The number of rotatable bonds is 6. The smallest absolute Gasteiger partial charge is 0.350 e. The van der Waals surface area contributed by atoms with Crippen molar-refractivity contribution in [1.29, 1.82) is 0 Å². The second kappa shape index (κ2) is 6.97. The highest BCUT2D eigenvalue weighted by atomic mass is 19.4. The fourth-order valence-electron chi connectivity index (χ4n) is 1.44. The largest absolute Gasteiger partial charge is 0.389 e. The second-order valence-electron chi connectivity index (χ2n) is 5.59. The van der Waals surface area contributed by atoms with Crippen molar-refractivity contribution in [3.63, 3.8) is 0 Å². The molecule has 3 nitrogen and oxygen atoms in total. The topological polar surface area (TPSA) is 41.1 Å². The third-order valence-electron chi connectivity index (χ3n) is 2.22. The van der Waals surface area contributed by atoms with Crippen molar-refractivity contribution < 1.29 is 18.0 Å². The lowest BCUT2D eigenvalue weighted by molar-refractivity contribution is -0.136. The molecule has 0 heterocycles. The summed E-state index contributed by atoms with van der Waals surface area (Å²) >= 11 is 0. The van der Waals surface area contributed by atoms with Gasteiger partial charge in [-0.2, -0.15) is 13.2 Å². The fraction of sp³-hybridized carbons (Fsp3) is 0.917. The predicted molar refractivity (Wildman–Crippen MR) is 65.3 cm³/mol. The van der Waals surface area contributed by atoms with Gasteiger partial charge in [0.1, 0.15) is 0 Å². The average Bonchev–Trinajstić information content (AvgIpc) is 2.09. The molecule has 108 valence electrons. The Hall–Kier alpha value is -0.780. The SMILES string of the molecule is CC(CCCC(F)(F)F)NCC(=O)NC(C)(C)C. The Morgan fingerprint density at radius 1 is 1.22 bits per heavy atom. The maximum atomic E-state index is 11.9. The van der Waals surface area contributed by atoms with Gasteiger partial charge in [0, 0.05) is 18.0 Å². The van der Waals surface area contributed by atoms with Crippen LogP contribution in [0, 0.1) is 0 Å². The zero-order valence-corrected chi connectivity index (χ0v) is 11.4. The lowest BCUT2D eigenvalue weighted by Crippen LogP contribution is -2.46. The molecule has 1 atom stereocenters. The van der Waals surface area contributed by atoms with E-state index in [1.807, 2.05) is 20.8 Å². The van der Waals surface area contributed by atoms with E-state index in [1.54, 1.807) is 6.92 Å². The minimum Gasteiger partial charge on any atom is -0.350 e. The van der Waals surface area contributed by atoms with Crippen LogP contribution in [0.4, 0.5) is 13.2 Å². The quantitative estimate of drug-likeness (QED) is 0.777. The monoisotopic (exact) mass is 268 g/mol. The van der Waals surface area contributed by atoms with Crippen LogP contribution in [0.15, 0.2) is 0 Å². The van der Waals surface area contributed by atoms with Gasteiger partial charge in [0.2, 0.25) is 5.91 Å². The summed E-state index contributed by atoms with van der Waals surface area (Å²) in [5.74, 6) is -0.148. The fourth-order valence-corrected chi connectivity index (χ4v) is 1.44. The molecule has 18 heavy (non-hydrogen) atoms. The highest BCUT2D eigenvalue weighted by Crippen LogP contribution is 2.22. The van der Waals surface area contributed by atoms with Gasteiger partial charge >= 0.3 is 6.18 Å². The molecule has 1 unspecified atom stereocenters. The first-order valence-electron chi connectivity index (χ1n) is 6.11. The molecule has 6 heteroatoms. The number of carbonyl (C=O) groups is 1. The van der Waals surface area contributed by atoms with Crippen molar-refractivity contribution in [1.82, 2.24) is 10.6 Å². The molecule has 0 bridgehead atoms. The van der Waals surface area contributed by atoms with Crippen LogP contribution in [-0.4, -0.2) is 30.2 Å². The number of carbonyl (C=O) groups excluding carboxylic acids is 1. The lowest BCUT2D eigenvalue weighted by Gasteiger charge is -2.21. The van der Waals surface area contributed by atoms with E-state index < -0.39 is 12.6 Å². The van der Waals surface area contributed by atoms with Crippen LogP contribution in [0.25, 0.3) is 0 Å². The van der Waals surface area contributed by atoms with Crippen molar-refractivity contribution in [2.24, 2.45) is 0 Å². The summed E-state index contributed by atoms with van der Waals surface area (Å²) in [4.78, 5) is 11.4. The Morgan fingerprint density at radius 2 is 1.78 bits per heavy atom. The number of hydrogen-bond donors (Lipinski definition) is 2. The standard InChI is InChI=1S/C12H23F3N2O/c1-9(6-5-7-12(13,14)15)16-8-10(18)17-11(2,3)4/h9,16H,5-8H2,1-4H3,(H,17,18). The molecule has 0 rings (SSSR count). The Balaban J connectivity index is 3.71. The van der Waals surface area contributed by atoms with Crippen molar-refractivity contribution >= 4 is 5.91 Å². The summed E-state index contributed by atoms with van der Waals surface area (Å²) in [7, 11) is 0. The zero-order chi connectivity index (χ0) is 14.4. The summed E-state index contributed by atoms with van der Waals surface area (Å²) in [5.41, 5.74) is -0.293. The number of hydrogen-bond acceptors (Lipinski definition) is 2. The van der Waals surface area contributed by atoms with Gasteiger partial charge in [0.25, 0.3) is 0 Å². The van der Waals surface area contributed by atoms with Gasteiger partial charge in [-0.3, -0.25) is 4.79 Å². The van der Waals surface area contributed by atoms with Gasteiger partial charge in [0.15, 0.2) is 0 Å². The predicted octanol–water partition coefficient (Wildman–Crippen LogP) is 2.61. The van der Waals surface area contributed by atoms with Gasteiger partial charge in [0.05, 0.1) is 6.54 Å². The molecule has 0 aliphatic rings. The van der Waals surface area contributed by atoms with Crippen LogP contribution in [0.5, 0.6) is 0 Å². The van der Waals surface area contributed by atoms with Gasteiger partial charge in [-0.05, 0) is 40.5 Å². The minimum atomic E-state index is -4.09. The summed E-state index contributed by atoms with van der Waals surface area (Å²) in [6.07, 6.45) is -4.38. The van der Waals surface area contributed by atoms with E-state index in [-0.39, 0.29) is 30.5 Å². The number of halogens is 3. The van der Waals surface area contributed by atoms with E-state index >= 15 is 0 Å². The molecule has 0 aliphatic carbocycles. The van der Waals surface area contributed by atoms with Crippen molar-refractivity contribution in [2.75, 3.05) is 6.54 Å². The van der Waals surface area contributed by atoms with E-state index in [1.165, 1.54) is 0 Å². The Kier molecular flexibility index (Phi) is 6.67. The molecule has 1 amide bonds. The van der Waals surface area contributed by atoms with Gasteiger partial charge in [-0.15, -0.1) is 0 Å². The van der Waals surface area contributed by atoms with E-state index in [0.717, 1.165) is 0 Å². The molecule has 0 radical (unpaired) electrons. The Morgan fingerprint density at radius 3 is 2.22 bits per heavy atom. The molecule has 0 saturated carbocycles. The van der Waals surface area contributed by atoms with Gasteiger partial charge in [-0.1, -0.05) is 0 Å². The zero-order valence-electron chi connectivity index (χ0n) is 11.4. The molecule has 0 saturated heterocycles. The van der Waals surface area contributed by atoms with Gasteiger partial charge in [-0.25, -0.2) is 0 Å². The molecule has 0 aromatic rings. The lowest BCUT2D eigenvalue weighted by atomic mass is 10.1. The molecule has 0 aliphatic heterocycles. The van der Waals surface area contributed by atoms with Crippen molar-refractivity contribution in [2.45, 2.75) is 64.7 Å². The second-order valence-corrected chi connectivity index (χ2v) is 5.59. The van der Waals surface area contributed by atoms with Gasteiger partial charge < -0.3 is 10.6 Å². The van der Waals surface area contributed by atoms with Crippen LogP contribution in [-0.2, 0) is 4.79 Å². The van der Waals surface area contributed by atoms with Crippen LogP contribution >= 0.6 is 0 Å². The number of nitrogens with one attached hydrogen (secondary N) is 2. The maximum absolute atomic E-state index is 11.9. The summed E-state index contributed by atoms with van der Waals surface area (Å²) < 4.78 is 35.8. The summed E-state index contributed by atoms with van der Waals surface area (Å²) in [5, 5.41) is 5.69. The summed E-state index contributed by atoms with van der Waals surface area (Å²) in [6, 6.07) is -0.0990. The minimum absolute atomic E-state index is 0.0819. The van der Waals surface area contributed by atoms with Crippen LogP contribution in [0.3, 0.4) is 0 Å². The Bertz CT molecular complexity index is 259. The molecule has 2 N–H and O–H groups in total. The first-order valence-corrected chi connectivity index (χ1v) is 6.11. The molecule has 0 aromatic heterocycles. The average molecular weight is 268 g/mol. The van der Waals surface area contributed by atoms with E-state index in [9.17, 15) is 18.0 Å². The normalized spacial score (nSPS) is 14.4. The van der Waals surface area contributed by atoms with Crippen molar-refractivity contribution in [3.05, 3.63) is 0 Å². The van der Waals surface area contributed by atoms with Crippen LogP contribution < -0.4 is 10.6 Å². The highest BCUT2D eigenvalue weighted by molar-refractivity contribution is 5.78. The summed E-state index contributed by atoms with van der Waals surface area (Å²) in [6.45, 7) is 7.53. The van der Waals surface area contributed by atoms with Crippen molar-refractivity contribution in [3.8, 4) is 0 Å². The van der Waals surface area contributed by atoms with E-state index in [2.05, 4.69) is 10.6 Å². The van der Waals surface area contributed by atoms with E-state index in [0.29, 0.717) is 6.42 Å². The van der Waals surface area contributed by atoms with Crippen LogP contribution in [0.2, 0.25) is 0 Å². The highest BCUT2D eigenvalue weighted by Gasteiger charge is 2.26. The molecular formula is C12H23F3N2O. The Labute approximate surface area is 107 Å². The molecular weight excluding hydrogens is 245 g/mol. The molecule has 0 aromatic carbocycles. The number of alkyl halides is 3.